The summed E-state index contributed by atoms with van der Waals surface area (Å²) in [5, 5.41) is 8.33. The number of benzene rings is 2. The molecule has 1 aromatic heterocycles. The molecule has 2 aromatic carbocycles. The number of nitrogens with zero attached hydrogens (tertiary/aromatic N) is 2. The summed E-state index contributed by atoms with van der Waals surface area (Å²) in [7, 11) is 0. The highest BCUT2D eigenvalue weighted by atomic mass is 15.1. The number of aromatic nitrogens is 2. The molecule has 1 radical (unpaired) electrons. The highest BCUT2D eigenvalue weighted by Gasteiger charge is 2.09. The van der Waals surface area contributed by atoms with Crippen molar-refractivity contribution >= 4 is 0 Å². The van der Waals surface area contributed by atoms with E-state index in [1.165, 1.54) is 0 Å². The van der Waals surface area contributed by atoms with Gasteiger partial charge in [0.1, 0.15) is 0 Å². The molecule has 0 bridgehead atoms. The van der Waals surface area contributed by atoms with Crippen LogP contribution in [0.15, 0.2) is 66.9 Å². The lowest BCUT2D eigenvalue weighted by Crippen LogP contribution is -1.94. The van der Waals surface area contributed by atoms with Crippen molar-refractivity contribution in [2.45, 2.75) is 0 Å². The summed E-state index contributed by atoms with van der Waals surface area (Å²) in [5.74, 6) is 0. The van der Waals surface area contributed by atoms with Crippen LogP contribution in [0.1, 0.15) is 5.56 Å². The largest absolute Gasteiger partial charge is 0.158 e. The fourth-order valence-corrected chi connectivity index (χ4v) is 2.10. The molecule has 0 aliphatic heterocycles. The molecule has 91 valence electrons. The van der Waals surface area contributed by atoms with Gasteiger partial charge in [-0.3, -0.25) is 0 Å². The molecule has 0 saturated heterocycles. The normalized spacial score (nSPS) is 10.4. The van der Waals surface area contributed by atoms with Gasteiger partial charge in [0.05, 0.1) is 11.9 Å². The molecule has 0 unspecified atom stereocenters. The van der Waals surface area contributed by atoms with Crippen LogP contribution in [0.25, 0.3) is 22.4 Å². The Labute approximate surface area is 112 Å². The minimum atomic E-state index is 0.835. The monoisotopic (exact) mass is 245 g/mol. The van der Waals surface area contributed by atoms with Crippen LogP contribution in [0.5, 0.6) is 0 Å². The zero-order chi connectivity index (χ0) is 13.1. The van der Waals surface area contributed by atoms with Crippen molar-refractivity contribution in [1.82, 2.24) is 10.2 Å². The molecule has 0 saturated carbocycles. The third-order valence-electron chi connectivity index (χ3n) is 3.09. The Morgan fingerprint density at radius 3 is 1.95 bits per heavy atom. The quantitative estimate of drug-likeness (QED) is 0.682. The van der Waals surface area contributed by atoms with Crippen molar-refractivity contribution in [3.05, 3.63) is 79.3 Å². The summed E-state index contributed by atoms with van der Waals surface area (Å²) in [6, 6.07) is 20.1. The standard InChI is InChI=1S/C17H13N2/c1-13-16(14-8-4-2-5-9-14)12-18-19-17(13)15-10-6-3-7-11-15/h2-12H,1H2. The Bertz CT molecular complexity index is 618. The third-order valence-corrected chi connectivity index (χ3v) is 3.09. The Kier molecular flexibility index (Phi) is 3.07. The van der Waals surface area contributed by atoms with Crippen LogP contribution in [0.2, 0.25) is 0 Å². The van der Waals surface area contributed by atoms with Gasteiger partial charge in [-0.15, -0.1) is 0 Å². The summed E-state index contributed by atoms with van der Waals surface area (Å²) < 4.78 is 0. The fourth-order valence-electron chi connectivity index (χ4n) is 2.10. The highest BCUT2D eigenvalue weighted by molar-refractivity contribution is 5.75. The van der Waals surface area contributed by atoms with Crippen molar-refractivity contribution in [2.24, 2.45) is 0 Å². The van der Waals surface area contributed by atoms with Gasteiger partial charge in [0.15, 0.2) is 0 Å². The first-order chi connectivity index (χ1) is 9.36. The van der Waals surface area contributed by atoms with Gasteiger partial charge in [-0.2, -0.15) is 10.2 Å². The molecular formula is C17H13N2. The number of hydrogen-bond donors (Lipinski definition) is 0. The van der Waals surface area contributed by atoms with Gasteiger partial charge < -0.3 is 0 Å². The van der Waals surface area contributed by atoms with Gasteiger partial charge in [-0.05, 0) is 18.1 Å². The van der Waals surface area contributed by atoms with Crippen LogP contribution >= 0.6 is 0 Å². The van der Waals surface area contributed by atoms with Crippen LogP contribution in [0.3, 0.4) is 0 Å². The third kappa shape index (κ3) is 2.25. The molecular weight excluding hydrogens is 232 g/mol. The maximum atomic E-state index is 4.22. The first-order valence-electron chi connectivity index (χ1n) is 6.15. The number of hydrogen-bond acceptors (Lipinski definition) is 2. The molecule has 2 heteroatoms. The van der Waals surface area contributed by atoms with Gasteiger partial charge in [0.25, 0.3) is 0 Å². The minimum absolute atomic E-state index is 0.835. The van der Waals surface area contributed by atoms with Crippen molar-refractivity contribution in [1.29, 1.82) is 0 Å². The van der Waals surface area contributed by atoms with Crippen LogP contribution in [-0.4, -0.2) is 10.2 Å². The first kappa shape index (κ1) is 11.6. The van der Waals surface area contributed by atoms with E-state index in [0.717, 1.165) is 27.9 Å². The Balaban J connectivity index is 2.15. The van der Waals surface area contributed by atoms with Crippen LogP contribution in [0.4, 0.5) is 0 Å². The highest BCUT2D eigenvalue weighted by Crippen LogP contribution is 2.28. The average Bonchev–Trinajstić information content (AvgIpc) is 2.49. The van der Waals surface area contributed by atoms with E-state index in [0.29, 0.717) is 0 Å². The topological polar surface area (TPSA) is 25.8 Å². The predicted octanol–water partition coefficient (Wildman–Crippen LogP) is 3.99. The summed E-state index contributed by atoms with van der Waals surface area (Å²) in [6.07, 6.45) is 1.77. The Morgan fingerprint density at radius 1 is 0.737 bits per heavy atom. The second kappa shape index (κ2) is 5.02. The van der Waals surface area contributed by atoms with E-state index in [9.17, 15) is 0 Å². The van der Waals surface area contributed by atoms with Gasteiger partial charge in [-0.1, -0.05) is 60.7 Å². The lowest BCUT2D eigenvalue weighted by Gasteiger charge is -2.09. The van der Waals surface area contributed by atoms with Crippen LogP contribution < -0.4 is 0 Å². The molecule has 19 heavy (non-hydrogen) atoms. The summed E-state index contributed by atoms with van der Waals surface area (Å²) in [6.45, 7) is 4.17. The minimum Gasteiger partial charge on any atom is -0.158 e. The van der Waals surface area contributed by atoms with Gasteiger partial charge in [0.2, 0.25) is 0 Å². The van der Waals surface area contributed by atoms with Crippen molar-refractivity contribution in [2.75, 3.05) is 0 Å². The Morgan fingerprint density at radius 2 is 1.32 bits per heavy atom. The molecule has 3 aromatic rings. The predicted molar refractivity (Wildman–Crippen MR) is 77.4 cm³/mol. The molecule has 0 spiro atoms. The first-order valence-corrected chi connectivity index (χ1v) is 6.15. The van der Waals surface area contributed by atoms with E-state index < -0.39 is 0 Å². The molecule has 0 amide bonds. The zero-order valence-corrected chi connectivity index (χ0v) is 10.5. The van der Waals surface area contributed by atoms with Crippen molar-refractivity contribution in [3.63, 3.8) is 0 Å². The summed E-state index contributed by atoms with van der Waals surface area (Å²) in [4.78, 5) is 0. The molecule has 0 N–H and O–H groups in total. The van der Waals surface area contributed by atoms with Gasteiger partial charge in [-0.25, -0.2) is 0 Å². The second-order valence-electron chi connectivity index (χ2n) is 4.32. The molecule has 0 aliphatic carbocycles. The van der Waals surface area contributed by atoms with E-state index >= 15 is 0 Å². The second-order valence-corrected chi connectivity index (χ2v) is 4.32. The van der Waals surface area contributed by atoms with E-state index in [4.69, 9.17) is 0 Å². The van der Waals surface area contributed by atoms with E-state index in [1.807, 2.05) is 48.5 Å². The molecule has 2 nitrogen and oxygen atoms in total. The van der Waals surface area contributed by atoms with Crippen LogP contribution in [-0.2, 0) is 0 Å². The average molecular weight is 245 g/mol. The summed E-state index contributed by atoms with van der Waals surface area (Å²) >= 11 is 0. The molecule has 3 rings (SSSR count). The van der Waals surface area contributed by atoms with Crippen molar-refractivity contribution in [3.8, 4) is 22.4 Å². The summed E-state index contributed by atoms with van der Waals surface area (Å²) in [5.41, 5.74) is 4.92. The van der Waals surface area contributed by atoms with Crippen LogP contribution in [0, 0.1) is 6.92 Å². The molecule has 0 atom stereocenters. The van der Waals surface area contributed by atoms with E-state index in [-0.39, 0.29) is 0 Å². The fraction of sp³-hybridized carbons (Fsp3) is 0. The van der Waals surface area contributed by atoms with Gasteiger partial charge >= 0.3 is 0 Å². The lowest BCUT2D eigenvalue weighted by atomic mass is 9.99. The van der Waals surface area contributed by atoms with Crippen molar-refractivity contribution < 1.29 is 0 Å². The van der Waals surface area contributed by atoms with E-state index in [2.05, 4.69) is 29.3 Å². The zero-order valence-electron chi connectivity index (χ0n) is 10.5. The van der Waals surface area contributed by atoms with Gasteiger partial charge in [0, 0.05) is 11.1 Å². The maximum Gasteiger partial charge on any atom is 0.0967 e. The molecule has 0 aliphatic rings. The molecule has 0 fully saturated rings. The lowest BCUT2D eigenvalue weighted by molar-refractivity contribution is 1.03. The maximum absolute atomic E-state index is 4.22. The smallest absolute Gasteiger partial charge is 0.0967 e. The SMILES string of the molecule is [CH2]c1c(-c2ccccc2)cnnc1-c1ccccc1. The number of rotatable bonds is 2. The van der Waals surface area contributed by atoms with E-state index in [1.54, 1.807) is 6.20 Å². The molecule has 1 heterocycles. The Hall–Kier alpha value is -2.48.